The molecule has 0 aromatic heterocycles. The summed E-state index contributed by atoms with van der Waals surface area (Å²) in [6.45, 7) is 9.46. The van der Waals surface area contributed by atoms with Crippen molar-refractivity contribution >= 4 is 29.2 Å². The Bertz CT molecular complexity index is 160. The third-order valence-electron chi connectivity index (χ3n) is 4.28. The third-order valence-corrected chi connectivity index (χ3v) is 26.3. The summed E-state index contributed by atoms with van der Waals surface area (Å²) >= 11 is 3.08. The molecule has 0 aliphatic heterocycles. The van der Waals surface area contributed by atoms with E-state index in [0.29, 0.717) is 0 Å². The van der Waals surface area contributed by atoms with Crippen LogP contribution in [0.2, 0.25) is 20.8 Å². The molecule has 0 spiro atoms. The summed E-state index contributed by atoms with van der Waals surface area (Å²) < 4.78 is 0. The molecule has 0 aromatic carbocycles. The molecular weight excluding hydrogens is 394 g/mol. The molecule has 0 amide bonds. The molecule has 18 heavy (non-hydrogen) atoms. The number of hydrogen-bond donors (Lipinski definition) is 0. The molecule has 0 fully saturated rings. The second-order valence-corrected chi connectivity index (χ2v) is 31.7. The fourth-order valence-corrected chi connectivity index (χ4v) is 22.1. The van der Waals surface area contributed by atoms with Crippen LogP contribution >= 0.6 is 20.1 Å². The Hall–Kier alpha value is 1.29. The summed E-state index contributed by atoms with van der Waals surface area (Å²) in [7, 11) is -1.99. The summed E-state index contributed by atoms with van der Waals surface area (Å²) in [5, 5.41) is 6.48. The molecule has 0 N–H and O–H groups in total. The number of rotatable bonds is 12. The van der Waals surface area contributed by atoms with Crippen LogP contribution in [0.5, 0.6) is 0 Å². The first kappa shape index (κ1) is 19.3. The summed E-state index contributed by atoms with van der Waals surface area (Å²) in [5.74, 6) is 0. The predicted molar refractivity (Wildman–Crippen MR) is 98.6 cm³/mol. The zero-order valence-corrected chi connectivity index (χ0v) is 17.3. The molecule has 0 atom stereocenters. The van der Waals surface area contributed by atoms with E-state index in [9.17, 15) is 0 Å². The van der Waals surface area contributed by atoms with Gasteiger partial charge in [-0.05, 0) is 0 Å². The maximum absolute atomic E-state index is 3.08. The van der Waals surface area contributed by atoms with E-state index < -0.39 is 9.10 Å². The van der Waals surface area contributed by atoms with E-state index in [1.54, 1.807) is 20.8 Å². The first-order valence-corrected chi connectivity index (χ1v) is 19.3. The van der Waals surface area contributed by atoms with E-state index in [-0.39, 0.29) is 0 Å². The maximum atomic E-state index is 3.08. The van der Waals surface area contributed by atoms with Gasteiger partial charge >= 0.3 is 129 Å². The van der Waals surface area contributed by atoms with E-state index in [1.807, 2.05) is 0 Å². The number of unbranched alkanes of at least 4 members (excludes halogenated alkanes) is 4. The van der Waals surface area contributed by atoms with Gasteiger partial charge in [0.25, 0.3) is 0 Å². The average molecular weight is 430 g/mol. The Morgan fingerprint density at radius 1 is 0.556 bits per heavy atom. The van der Waals surface area contributed by atoms with Crippen molar-refractivity contribution < 1.29 is 0 Å². The quantitative estimate of drug-likeness (QED) is 0.222. The van der Waals surface area contributed by atoms with Gasteiger partial charge in [0.2, 0.25) is 0 Å². The fourth-order valence-electron chi connectivity index (χ4n) is 2.88. The molecule has 0 saturated heterocycles. The monoisotopic (exact) mass is 430 g/mol. The first-order chi connectivity index (χ1) is 8.54. The summed E-state index contributed by atoms with van der Waals surface area (Å²) in [6, 6.07) is 0. The summed E-state index contributed by atoms with van der Waals surface area (Å²) in [5.41, 5.74) is 0. The SMILES string of the molecule is CCCC[As](I)(CCCC)(CCCC)CCCC. The standard InChI is InChI=1S/C16H36AsI/c1-5-9-13-17(18,14-10-6-2,15-11-7-3)16-12-8-4/h5-16H2,1-4H3. The molecule has 0 heterocycles. The Kier molecular flexibility index (Phi) is 10.8. The molecule has 0 aromatic rings. The minimum absolute atomic E-state index is 1.39. The van der Waals surface area contributed by atoms with Crippen molar-refractivity contribution in [2.75, 3.05) is 0 Å². The van der Waals surface area contributed by atoms with Gasteiger partial charge in [-0.3, -0.25) is 0 Å². The number of halogens is 1. The molecule has 0 unspecified atom stereocenters. The molecular formula is C16H36AsI. The van der Waals surface area contributed by atoms with Crippen LogP contribution < -0.4 is 0 Å². The Morgan fingerprint density at radius 2 is 0.778 bits per heavy atom. The van der Waals surface area contributed by atoms with Crippen molar-refractivity contribution in [3.05, 3.63) is 0 Å². The molecule has 112 valence electrons. The molecule has 0 saturated carbocycles. The van der Waals surface area contributed by atoms with Crippen LogP contribution in [-0.2, 0) is 0 Å². The van der Waals surface area contributed by atoms with Crippen molar-refractivity contribution in [1.29, 1.82) is 0 Å². The zero-order valence-electron chi connectivity index (χ0n) is 13.3. The molecule has 0 rings (SSSR count). The molecule has 0 aliphatic rings. The predicted octanol–water partition coefficient (Wildman–Crippen LogP) is 7.52. The normalized spacial score (nSPS) is 14.4. The van der Waals surface area contributed by atoms with Gasteiger partial charge in [0.05, 0.1) is 0 Å². The van der Waals surface area contributed by atoms with Crippen LogP contribution in [0.25, 0.3) is 0 Å². The molecule has 0 nitrogen and oxygen atoms in total. The van der Waals surface area contributed by atoms with Gasteiger partial charge in [-0.25, -0.2) is 0 Å². The van der Waals surface area contributed by atoms with Crippen LogP contribution in [0, 0.1) is 0 Å². The molecule has 0 aliphatic carbocycles. The zero-order chi connectivity index (χ0) is 13.9. The van der Waals surface area contributed by atoms with Crippen molar-refractivity contribution in [2.24, 2.45) is 0 Å². The molecule has 2 heteroatoms. The van der Waals surface area contributed by atoms with E-state index in [1.165, 1.54) is 51.4 Å². The van der Waals surface area contributed by atoms with Crippen molar-refractivity contribution in [3.8, 4) is 0 Å². The van der Waals surface area contributed by atoms with Gasteiger partial charge < -0.3 is 0 Å². The Balaban J connectivity index is 4.82. The second-order valence-electron chi connectivity index (χ2n) is 6.13. The van der Waals surface area contributed by atoms with Gasteiger partial charge in [0.15, 0.2) is 0 Å². The van der Waals surface area contributed by atoms with Crippen molar-refractivity contribution in [3.63, 3.8) is 0 Å². The van der Waals surface area contributed by atoms with Crippen LogP contribution in [0.4, 0.5) is 0 Å². The van der Waals surface area contributed by atoms with E-state index >= 15 is 0 Å². The van der Waals surface area contributed by atoms with Crippen molar-refractivity contribution in [2.45, 2.75) is 99.9 Å². The van der Waals surface area contributed by atoms with Gasteiger partial charge in [0.1, 0.15) is 0 Å². The van der Waals surface area contributed by atoms with Gasteiger partial charge in [-0.2, -0.15) is 0 Å². The summed E-state index contributed by atoms with van der Waals surface area (Å²) in [4.78, 5) is 0. The van der Waals surface area contributed by atoms with E-state index in [0.717, 1.165) is 0 Å². The van der Waals surface area contributed by atoms with Gasteiger partial charge in [-0.15, -0.1) is 0 Å². The first-order valence-electron chi connectivity index (χ1n) is 8.26. The molecule has 0 bridgehead atoms. The van der Waals surface area contributed by atoms with Crippen LogP contribution in [0.3, 0.4) is 0 Å². The van der Waals surface area contributed by atoms with Crippen LogP contribution in [0.1, 0.15) is 79.1 Å². The van der Waals surface area contributed by atoms with Crippen LogP contribution in [0.15, 0.2) is 0 Å². The number of hydrogen-bond acceptors (Lipinski definition) is 0. The minimum atomic E-state index is -1.99. The average Bonchev–Trinajstić information content (AvgIpc) is 2.40. The Morgan fingerprint density at radius 3 is 0.944 bits per heavy atom. The van der Waals surface area contributed by atoms with E-state index in [4.69, 9.17) is 0 Å². The van der Waals surface area contributed by atoms with Crippen LogP contribution in [-0.4, -0.2) is 9.10 Å². The van der Waals surface area contributed by atoms with Crippen molar-refractivity contribution in [1.82, 2.24) is 0 Å². The van der Waals surface area contributed by atoms with Gasteiger partial charge in [0, 0.05) is 0 Å². The topological polar surface area (TPSA) is 0 Å². The Labute approximate surface area is 128 Å². The van der Waals surface area contributed by atoms with E-state index in [2.05, 4.69) is 47.8 Å². The fraction of sp³-hybridized carbons (Fsp3) is 1.00. The second kappa shape index (κ2) is 10.1. The third kappa shape index (κ3) is 7.17. The summed E-state index contributed by atoms with van der Waals surface area (Å²) in [6.07, 6.45) is 11.5. The van der Waals surface area contributed by atoms with Gasteiger partial charge in [-0.1, -0.05) is 0 Å². The molecule has 0 radical (unpaired) electrons.